The predicted molar refractivity (Wildman–Crippen MR) is 57.3 cm³/mol. The van der Waals surface area contributed by atoms with Crippen molar-refractivity contribution in [1.29, 1.82) is 0 Å². The van der Waals surface area contributed by atoms with Crippen LogP contribution in [0.4, 0.5) is 0 Å². The van der Waals surface area contributed by atoms with E-state index in [4.69, 9.17) is 10.2 Å². The Balaban J connectivity index is 2.28. The molecule has 1 fully saturated rings. The Bertz CT molecular complexity index is 306. The molecule has 90 valence electrons. The van der Waals surface area contributed by atoms with Crippen LogP contribution in [0.25, 0.3) is 0 Å². The van der Waals surface area contributed by atoms with Gasteiger partial charge < -0.3 is 15.1 Å². The molecule has 0 spiro atoms. The van der Waals surface area contributed by atoms with Gasteiger partial charge in [0.15, 0.2) is 0 Å². The van der Waals surface area contributed by atoms with E-state index in [-0.39, 0.29) is 24.0 Å². The zero-order valence-corrected chi connectivity index (χ0v) is 9.40. The van der Waals surface area contributed by atoms with Crippen LogP contribution in [-0.2, 0) is 14.4 Å². The number of hydrogen-bond donors (Lipinski definition) is 2. The van der Waals surface area contributed by atoms with Crippen molar-refractivity contribution < 1.29 is 24.6 Å². The molecule has 0 radical (unpaired) electrons. The minimum absolute atomic E-state index is 0.0959. The van der Waals surface area contributed by atoms with Crippen molar-refractivity contribution in [2.45, 2.75) is 6.42 Å². The summed E-state index contributed by atoms with van der Waals surface area (Å²) in [7, 11) is 0. The quantitative estimate of drug-likeness (QED) is 0.695. The number of carbonyl (C=O) groups is 3. The van der Waals surface area contributed by atoms with Gasteiger partial charge in [0.2, 0.25) is 5.91 Å². The number of carbonyl (C=O) groups excluding carboxylic acids is 1. The molecule has 0 aromatic rings. The number of likely N-dealkylation sites (tertiary alicyclic amines) is 1. The van der Waals surface area contributed by atoms with Gasteiger partial charge in [0.25, 0.3) is 0 Å². The first kappa shape index (κ1) is 12.8. The largest absolute Gasteiger partial charge is 0.481 e. The number of rotatable bonds is 5. The molecule has 0 bridgehead atoms. The number of aliphatic carboxylic acids is 2. The summed E-state index contributed by atoms with van der Waals surface area (Å²) in [6.45, 7) is 0.686. The third-order valence-corrected chi connectivity index (χ3v) is 3.24. The molecule has 2 N–H and O–H groups in total. The fourth-order valence-electron chi connectivity index (χ4n) is 1.51. The van der Waals surface area contributed by atoms with Gasteiger partial charge in [-0.15, -0.1) is 11.8 Å². The monoisotopic (exact) mass is 247 g/mol. The van der Waals surface area contributed by atoms with E-state index in [0.29, 0.717) is 13.0 Å². The normalized spacial score (nSPS) is 19.8. The molecule has 1 atom stereocenters. The topological polar surface area (TPSA) is 94.9 Å². The molecule has 0 aliphatic carbocycles. The Kier molecular flexibility index (Phi) is 4.60. The van der Waals surface area contributed by atoms with Gasteiger partial charge in [0, 0.05) is 13.1 Å². The summed E-state index contributed by atoms with van der Waals surface area (Å²) >= 11 is 1.03. The predicted octanol–water partition coefficient (Wildman–Crippen LogP) is -0.263. The minimum Gasteiger partial charge on any atom is -0.481 e. The van der Waals surface area contributed by atoms with Crippen molar-refractivity contribution in [3.63, 3.8) is 0 Å². The first-order valence-corrected chi connectivity index (χ1v) is 5.96. The smallest absolute Gasteiger partial charge is 0.313 e. The Labute approximate surface area is 96.6 Å². The summed E-state index contributed by atoms with van der Waals surface area (Å²) < 4.78 is 0. The Morgan fingerprint density at radius 1 is 1.25 bits per heavy atom. The maximum Gasteiger partial charge on any atom is 0.313 e. The third kappa shape index (κ3) is 3.73. The molecule has 16 heavy (non-hydrogen) atoms. The standard InChI is InChI=1S/C9H13NO5S/c11-7(4-16-5-8(12)13)10-2-1-6(3-10)9(14)15/h6H,1-5H2,(H,12,13)(H,14,15). The lowest BCUT2D eigenvalue weighted by atomic mass is 10.1. The Morgan fingerprint density at radius 2 is 1.94 bits per heavy atom. The maximum atomic E-state index is 11.5. The molecular formula is C9H13NO5S. The van der Waals surface area contributed by atoms with Crippen LogP contribution < -0.4 is 0 Å². The average Bonchev–Trinajstić information content (AvgIpc) is 2.65. The van der Waals surface area contributed by atoms with Crippen LogP contribution in [0.5, 0.6) is 0 Å². The summed E-state index contributed by atoms with van der Waals surface area (Å²) in [6, 6.07) is 0. The zero-order chi connectivity index (χ0) is 12.1. The first-order valence-electron chi connectivity index (χ1n) is 4.81. The number of nitrogens with zero attached hydrogens (tertiary/aromatic N) is 1. The molecule has 6 nitrogen and oxygen atoms in total. The van der Waals surface area contributed by atoms with Crippen molar-refractivity contribution in [3.8, 4) is 0 Å². The van der Waals surface area contributed by atoms with Gasteiger partial charge in [-0.3, -0.25) is 14.4 Å². The van der Waals surface area contributed by atoms with Crippen LogP contribution >= 0.6 is 11.8 Å². The lowest BCUT2D eigenvalue weighted by Gasteiger charge is -2.14. The summed E-state index contributed by atoms with van der Waals surface area (Å²) in [5.74, 6) is -2.51. The number of hydrogen-bond acceptors (Lipinski definition) is 4. The fraction of sp³-hybridized carbons (Fsp3) is 0.667. The van der Waals surface area contributed by atoms with E-state index >= 15 is 0 Å². The molecule has 1 unspecified atom stereocenters. The van der Waals surface area contributed by atoms with Gasteiger partial charge in [0.05, 0.1) is 17.4 Å². The van der Waals surface area contributed by atoms with Crippen molar-refractivity contribution in [2.24, 2.45) is 5.92 Å². The molecule has 1 amide bonds. The number of carboxylic acid groups (broad SMARTS) is 2. The molecule has 1 heterocycles. The molecule has 0 aromatic heterocycles. The molecule has 1 aliphatic rings. The fourth-order valence-corrected chi connectivity index (χ4v) is 2.14. The highest BCUT2D eigenvalue weighted by atomic mass is 32.2. The lowest BCUT2D eigenvalue weighted by Crippen LogP contribution is -2.31. The molecular weight excluding hydrogens is 234 g/mol. The van der Waals surface area contributed by atoms with Gasteiger partial charge >= 0.3 is 11.9 Å². The number of thioether (sulfide) groups is 1. The van der Waals surface area contributed by atoms with Crippen molar-refractivity contribution in [1.82, 2.24) is 4.90 Å². The molecule has 1 saturated heterocycles. The summed E-state index contributed by atoms with van der Waals surface area (Å²) in [5, 5.41) is 17.1. The van der Waals surface area contributed by atoms with Gasteiger partial charge in [0.1, 0.15) is 0 Å². The second-order valence-corrected chi connectivity index (χ2v) is 4.54. The molecule has 1 rings (SSSR count). The van der Waals surface area contributed by atoms with Gasteiger partial charge in [-0.2, -0.15) is 0 Å². The number of amides is 1. The van der Waals surface area contributed by atoms with Crippen LogP contribution in [0.3, 0.4) is 0 Å². The van der Waals surface area contributed by atoms with Crippen molar-refractivity contribution in [3.05, 3.63) is 0 Å². The third-order valence-electron chi connectivity index (χ3n) is 2.34. The zero-order valence-electron chi connectivity index (χ0n) is 8.59. The maximum absolute atomic E-state index is 11.5. The SMILES string of the molecule is O=C(O)CSCC(=O)N1CCC(C(=O)O)C1. The van der Waals surface area contributed by atoms with E-state index in [1.165, 1.54) is 4.90 Å². The van der Waals surface area contributed by atoms with Gasteiger partial charge in [-0.05, 0) is 6.42 Å². The first-order chi connectivity index (χ1) is 7.50. The second-order valence-electron chi connectivity index (χ2n) is 3.55. The van der Waals surface area contributed by atoms with Gasteiger partial charge in [-0.25, -0.2) is 0 Å². The highest BCUT2D eigenvalue weighted by molar-refractivity contribution is 8.00. The Hall–Kier alpha value is -1.24. The van der Waals surface area contributed by atoms with E-state index in [0.717, 1.165) is 11.8 Å². The number of carboxylic acids is 2. The van der Waals surface area contributed by atoms with Crippen LogP contribution in [0.15, 0.2) is 0 Å². The highest BCUT2D eigenvalue weighted by Crippen LogP contribution is 2.17. The van der Waals surface area contributed by atoms with Crippen LogP contribution in [0.1, 0.15) is 6.42 Å². The lowest BCUT2D eigenvalue weighted by molar-refractivity contribution is -0.141. The van der Waals surface area contributed by atoms with E-state index < -0.39 is 17.9 Å². The van der Waals surface area contributed by atoms with Crippen LogP contribution in [0.2, 0.25) is 0 Å². The molecule has 0 aromatic carbocycles. The molecule has 1 aliphatic heterocycles. The highest BCUT2D eigenvalue weighted by Gasteiger charge is 2.30. The summed E-state index contributed by atoms with van der Waals surface area (Å²) in [4.78, 5) is 33.9. The van der Waals surface area contributed by atoms with Crippen LogP contribution in [-0.4, -0.2) is 57.6 Å². The van der Waals surface area contributed by atoms with E-state index in [9.17, 15) is 14.4 Å². The van der Waals surface area contributed by atoms with Crippen molar-refractivity contribution in [2.75, 3.05) is 24.6 Å². The minimum atomic E-state index is -0.956. The van der Waals surface area contributed by atoms with Crippen molar-refractivity contribution >= 4 is 29.6 Å². The summed E-state index contributed by atoms with van der Waals surface area (Å²) in [6.07, 6.45) is 0.477. The Morgan fingerprint density at radius 3 is 2.44 bits per heavy atom. The van der Waals surface area contributed by atoms with E-state index in [2.05, 4.69) is 0 Å². The summed E-state index contributed by atoms with van der Waals surface area (Å²) in [5.41, 5.74) is 0. The van der Waals surface area contributed by atoms with Crippen LogP contribution in [0, 0.1) is 5.92 Å². The molecule has 0 saturated carbocycles. The van der Waals surface area contributed by atoms with Gasteiger partial charge in [-0.1, -0.05) is 0 Å². The van der Waals surface area contributed by atoms with E-state index in [1.807, 2.05) is 0 Å². The molecule has 7 heteroatoms. The second kappa shape index (κ2) is 5.74. The average molecular weight is 247 g/mol. The van der Waals surface area contributed by atoms with E-state index in [1.54, 1.807) is 0 Å².